The van der Waals surface area contributed by atoms with Crippen LogP contribution in [0.15, 0.2) is 24.4 Å². The van der Waals surface area contributed by atoms with Crippen molar-refractivity contribution in [2.24, 2.45) is 5.73 Å². The molecule has 0 fully saturated rings. The van der Waals surface area contributed by atoms with Crippen LogP contribution < -0.4 is 5.73 Å². The van der Waals surface area contributed by atoms with Gasteiger partial charge in [0.05, 0.1) is 36.1 Å². The topological polar surface area (TPSA) is 53.1 Å². The summed E-state index contributed by atoms with van der Waals surface area (Å²) in [5.74, 6) is 0. The Balaban J connectivity index is 2.39. The highest BCUT2D eigenvalue weighted by Gasteiger charge is 2.20. The summed E-state index contributed by atoms with van der Waals surface area (Å²) in [7, 11) is 1.64. The number of hydrogen-bond acceptors (Lipinski definition) is 3. The van der Waals surface area contributed by atoms with Crippen LogP contribution in [-0.4, -0.2) is 23.5 Å². The van der Waals surface area contributed by atoms with Gasteiger partial charge in [0.1, 0.15) is 0 Å². The minimum Gasteiger partial charge on any atom is -0.383 e. The van der Waals surface area contributed by atoms with Crippen molar-refractivity contribution in [3.05, 3.63) is 51.3 Å². The maximum atomic E-state index is 6.36. The number of ether oxygens (including phenoxy) is 1. The molecule has 0 spiro atoms. The van der Waals surface area contributed by atoms with Crippen LogP contribution >= 0.6 is 23.2 Å². The molecule has 0 radical (unpaired) electrons. The van der Waals surface area contributed by atoms with Crippen LogP contribution in [0.1, 0.15) is 22.9 Å². The third kappa shape index (κ3) is 3.15. The Labute approximate surface area is 128 Å². The minimum absolute atomic E-state index is 0.374. The number of hydrogen-bond donors (Lipinski definition) is 1. The second kappa shape index (κ2) is 6.59. The Hall–Kier alpha value is -1.07. The van der Waals surface area contributed by atoms with Gasteiger partial charge in [-0.15, -0.1) is 0 Å². The first-order valence-corrected chi connectivity index (χ1v) is 7.02. The molecule has 0 aliphatic heterocycles. The maximum absolute atomic E-state index is 6.36. The molecule has 0 saturated carbocycles. The fourth-order valence-corrected chi connectivity index (χ4v) is 2.57. The number of aromatic nitrogens is 2. The van der Waals surface area contributed by atoms with Crippen molar-refractivity contribution in [2.75, 3.05) is 13.7 Å². The predicted molar refractivity (Wildman–Crippen MR) is 81.3 cm³/mol. The highest BCUT2D eigenvalue weighted by atomic mass is 35.5. The summed E-state index contributed by atoms with van der Waals surface area (Å²) < 4.78 is 6.85. The zero-order valence-electron chi connectivity index (χ0n) is 11.4. The summed E-state index contributed by atoms with van der Waals surface area (Å²) in [6.45, 7) is 3.15. The standard InChI is InChI=1S/C14H17Cl2N3O/c1-9-3-4-10(15)7-11(9)13(17)14-12(16)8-18-19(14)5-6-20-2/h3-4,7-8,13H,5-6,17H2,1-2H3. The van der Waals surface area contributed by atoms with Crippen LogP contribution in [0.25, 0.3) is 0 Å². The molecule has 1 heterocycles. The van der Waals surface area contributed by atoms with Crippen LogP contribution in [0.5, 0.6) is 0 Å². The average Bonchev–Trinajstić information content (AvgIpc) is 2.79. The van der Waals surface area contributed by atoms with Crippen LogP contribution in [0.4, 0.5) is 0 Å². The molecule has 0 aliphatic rings. The molecule has 0 aliphatic carbocycles. The van der Waals surface area contributed by atoms with E-state index >= 15 is 0 Å². The smallest absolute Gasteiger partial charge is 0.0837 e. The summed E-state index contributed by atoms with van der Waals surface area (Å²) in [6, 6.07) is 5.28. The van der Waals surface area contributed by atoms with Crippen molar-refractivity contribution in [1.29, 1.82) is 0 Å². The van der Waals surface area contributed by atoms with Crippen molar-refractivity contribution in [3.8, 4) is 0 Å². The Morgan fingerprint density at radius 1 is 1.40 bits per heavy atom. The molecule has 108 valence electrons. The SMILES string of the molecule is COCCn1ncc(Cl)c1C(N)c1cc(Cl)ccc1C. The predicted octanol–water partition coefficient (Wildman–Crippen LogP) is 3.19. The molecule has 0 saturated heterocycles. The highest BCUT2D eigenvalue weighted by Crippen LogP contribution is 2.29. The molecular formula is C14H17Cl2N3O. The van der Waals surface area contributed by atoms with Crippen LogP contribution in [0, 0.1) is 6.92 Å². The number of methoxy groups -OCH3 is 1. The van der Waals surface area contributed by atoms with Crippen molar-refractivity contribution in [3.63, 3.8) is 0 Å². The molecule has 1 aromatic carbocycles. The van der Waals surface area contributed by atoms with Gasteiger partial charge in [-0.3, -0.25) is 4.68 Å². The summed E-state index contributed by atoms with van der Waals surface area (Å²) in [5, 5.41) is 5.45. The van der Waals surface area contributed by atoms with Gasteiger partial charge in [0.15, 0.2) is 0 Å². The van der Waals surface area contributed by atoms with Crippen molar-refractivity contribution in [1.82, 2.24) is 9.78 Å². The molecule has 4 nitrogen and oxygen atoms in total. The lowest BCUT2D eigenvalue weighted by molar-refractivity contribution is 0.182. The van der Waals surface area contributed by atoms with E-state index in [0.717, 1.165) is 16.8 Å². The number of aryl methyl sites for hydroxylation is 1. The first kappa shape index (κ1) is 15.3. The lowest BCUT2D eigenvalue weighted by atomic mass is 9.99. The Morgan fingerprint density at radius 2 is 2.15 bits per heavy atom. The van der Waals surface area contributed by atoms with Crippen LogP contribution in [0.2, 0.25) is 10.0 Å². The summed E-state index contributed by atoms with van der Waals surface area (Å²) in [5.41, 5.74) is 9.14. The fourth-order valence-electron chi connectivity index (χ4n) is 2.13. The van der Waals surface area contributed by atoms with E-state index in [1.807, 2.05) is 25.1 Å². The lowest BCUT2D eigenvalue weighted by Gasteiger charge is -2.17. The lowest BCUT2D eigenvalue weighted by Crippen LogP contribution is -2.20. The normalized spacial score (nSPS) is 12.7. The molecule has 1 unspecified atom stereocenters. The Morgan fingerprint density at radius 3 is 2.85 bits per heavy atom. The van der Waals surface area contributed by atoms with Gasteiger partial charge in [-0.2, -0.15) is 5.10 Å². The van der Waals surface area contributed by atoms with Gasteiger partial charge in [-0.05, 0) is 30.2 Å². The van der Waals surface area contributed by atoms with Crippen molar-refractivity contribution < 1.29 is 4.74 Å². The number of nitrogens with two attached hydrogens (primary N) is 1. The van der Waals surface area contributed by atoms with Gasteiger partial charge in [-0.25, -0.2) is 0 Å². The summed E-state index contributed by atoms with van der Waals surface area (Å²) in [6.07, 6.45) is 1.60. The second-order valence-electron chi connectivity index (χ2n) is 4.57. The first-order valence-electron chi connectivity index (χ1n) is 6.26. The quantitative estimate of drug-likeness (QED) is 0.922. The van der Waals surface area contributed by atoms with Gasteiger partial charge in [0.2, 0.25) is 0 Å². The minimum atomic E-state index is -0.374. The average molecular weight is 314 g/mol. The third-order valence-corrected chi connectivity index (χ3v) is 3.74. The molecule has 1 atom stereocenters. The van der Waals surface area contributed by atoms with E-state index in [0.29, 0.717) is 23.2 Å². The fraction of sp³-hybridized carbons (Fsp3) is 0.357. The first-order chi connectivity index (χ1) is 9.54. The molecule has 0 amide bonds. The monoisotopic (exact) mass is 313 g/mol. The molecule has 2 N–H and O–H groups in total. The highest BCUT2D eigenvalue weighted by molar-refractivity contribution is 6.31. The largest absolute Gasteiger partial charge is 0.383 e. The van der Waals surface area contributed by atoms with Crippen molar-refractivity contribution in [2.45, 2.75) is 19.5 Å². The van der Waals surface area contributed by atoms with Gasteiger partial charge < -0.3 is 10.5 Å². The van der Waals surface area contributed by atoms with Gasteiger partial charge in [0, 0.05) is 12.1 Å². The van der Waals surface area contributed by atoms with Gasteiger partial charge in [0.25, 0.3) is 0 Å². The number of rotatable bonds is 5. The molecule has 20 heavy (non-hydrogen) atoms. The molecule has 0 bridgehead atoms. The Kier molecular flexibility index (Phi) is 5.05. The zero-order chi connectivity index (χ0) is 14.7. The summed E-state index contributed by atoms with van der Waals surface area (Å²) in [4.78, 5) is 0. The third-order valence-electron chi connectivity index (χ3n) is 3.21. The molecule has 2 aromatic rings. The molecule has 2 rings (SSSR count). The van der Waals surface area contributed by atoms with E-state index in [2.05, 4.69) is 5.10 Å². The van der Waals surface area contributed by atoms with E-state index in [-0.39, 0.29) is 6.04 Å². The second-order valence-corrected chi connectivity index (χ2v) is 5.42. The molecule has 1 aromatic heterocycles. The van der Waals surface area contributed by atoms with Crippen LogP contribution in [0.3, 0.4) is 0 Å². The number of nitrogens with zero attached hydrogens (tertiary/aromatic N) is 2. The van der Waals surface area contributed by atoms with E-state index in [9.17, 15) is 0 Å². The maximum Gasteiger partial charge on any atom is 0.0837 e. The summed E-state index contributed by atoms with van der Waals surface area (Å²) >= 11 is 12.3. The van der Waals surface area contributed by atoms with Gasteiger partial charge in [-0.1, -0.05) is 29.3 Å². The van der Waals surface area contributed by atoms with Gasteiger partial charge >= 0.3 is 0 Å². The van der Waals surface area contributed by atoms with E-state index in [1.165, 1.54) is 0 Å². The van der Waals surface area contributed by atoms with E-state index in [1.54, 1.807) is 18.0 Å². The number of halogens is 2. The van der Waals surface area contributed by atoms with Crippen molar-refractivity contribution >= 4 is 23.2 Å². The molecule has 6 heteroatoms. The zero-order valence-corrected chi connectivity index (χ0v) is 12.9. The van der Waals surface area contributed by atoms with Crippen LogP contribution in [-0.2, 0) is 11.3 Å². The Bertz CT molecular complexity index is 598. The van der Waals surface area contributed by atoms with E-state index in [4.69, 9.17) is 33.7 Å². The molecular weight excluding hydrogens is 297 g/mol. The number of benzene rings is 1. The van der Waals surface area contributed by atoms with E-state index < -0.39 is 0 Å².